The van der Waals surface area contributed by atoms with Crippen molar-refractivity contribution in [3.63, 3.8) is 0 Å². The van der Waals surface area contributed by atoms with Crippen LogP contribution in [0.3, 0.4) is 0 Å². The lowest BCUT2D eigenvalue weighted by Gasteiger charge is -2.19. The Morgan fingerprint density at radius 2 is 2.04 bits per heavy atom. The van der Waals surface area contributed by atoms with E-state index in [1.165, 1.54) is 11.3 Å². The molecule has 1 aromatic carbocycles. The van der Waals surface area contributed by atoms with E-state index in [-0.39, 0.29) is 5.91 Å². The van der Waals surface area contributed by atoms with Gasteiger partial charge in [0, 0.05) is 25.3 Å². The Kier molecular flexibility index (Phi) is 4.57. The zero-order chi connectivity index (χ0) is 16.2. The Hall–Kier alpha value is -2.40. The molecule has 3 rings (SSSR count). The number of fused-ring (bicyclic) bond motifs is 1. The van der Waals surface area contributed by atoms with Crippen LogP contribution in [0.4, 0.5) is 11.5 Å². The van der Waals surface area contributed by atoms with Crippen LogP contribution in [0.5, 0.6) is 0 Å². The Morgan fingerprint density at radius 1 is 1.22 bits per heavy atom. The Labute approximate surface area is 136 Å². The lowest BCUT2D eigenvalue weighted by atomic mass is 10.2. The van der Waals surface area contributed by atoms with Gasteiger partial charge < -0.3 is 15.1 Å². The minimum Gasteiger partial charge on any atom is -0.349 e. The van der Waals surface area contributed by atoms with Crippen molar-refractivity contribution in [2.75, 3.05) is 38.6 Å². The molecule has 1 amide bonds. The molecule has 0 aliphatic carbocycles. The molecule has 120 valence electrons. The van der Waals surface area contributed by atoms with Gasteiger partial charge in [0.1, 0.15) is 11.5 Å². The predicted molar refractivity (Wildman–Crippen MR) is 92.3 cm³/mol. The molecule has 0 bridgehead atoms. The number of nitrogens with zero attached hydrogens (tertiary/aromatic N) is 3. The van der Waals surface area contributed by atoms with Gasteiger partial charge >= 0.3 is 0 Å². The van der Waals surface area contributed by atoms with Crippen LogP contribution in [0.15, 0.2) is 42.5 Å². The number of pyridine rings is 1. The number of hydrogen-bond donors (Lipinski definition) is 1. The van der Waals surface area contributed by atoms with Gasteiger partial charge in [0.25, 0.3) is 5.91 Å². The molecule has 5 nitrogen and oxygen atoms in total. The molecular formula is C18H22N4O. The second-order valence-electron chi connectivity index (χ2n) is 5.97. The molecule has 1 aliphatic heterocycles. The fourth-order valence-corrected chi connectivity index (χ4v) is 2.76. The van der Waals surface area contributed by atoms with Crippen LogP contribution >= 0.6 is 0 Å². The highest BCUT2D eigenvalue weighted by Crippen LogP contribution is 2.32. The number of benzene rings is 1. The minimum atomic E-state index is -0.124. The van der Waals surface area contributed by atoms with Crippen LogP contribution in [0.25, 0.3) is 0 Å². The summed E-state index contributed by atoms with van der Waals surface area (Å²) in [5.74, 6) is 0.705. The predicted octanol–water partition coefficient (Wildman–Crippen LogP) is 2.07. The van der Waals surface area contributed by atoms with Gasteiger partial charge in [-0.15, -0.1) is 0 Å². The molecule has 0 saturated heterocycles. The summed E-state index contributed by atoms with van der Waals surface area (Å²) in [6.45, 7) is 2.33. The average Bonchev–Trinajstić information content (AvgIpc) is 2.98. The van der Waals surface area contributed by atoms with E-state index in [9.17, 15) is 4.79 Å². The lowest BCUT2D eigenvalue weighted by Crippen LogP contribution is -2.32. The second-order valence-corrected chi connectivity index (χ2v) is 5.97. The van der Waals surface area contributed by atoms with Crippen molar-refractivity contribution in [2.45, 2.75) is 6.42 Å². The van der Waals surface area contributed by atoms with Gasteiger partial charge in [0.15, 0.2) is 0 Å². The van der Waals surface area contributed by atoms with Crippen molar-refractivity contribution < 1.29 is 4.79 Å². The summed E-state index contributed by atoms with van der Waals surface area (Å²) in [6, 6.07) is 14.0. The molecule has 0 saturated carbocycles. The monoisotopic (exact) mass is 310 g/mol. The summed E-state index contributed by atoms with van der Waals surface area (Å²) < 4.78 is 0. The van der Waals surface area contributed by atoms with Crippen molar-refractivity contribution in [1.82, 2.24) is 15.2 Å². The molecule has 0 unspecified atom stereocenters. The maximum atomic E-state index is 12.2. The normalized spacial score (nSPS) is 13.3. The van der Waals surface area contributed by atoms with Crippen LogP contribution in [0, 0.1) is 0 Å². The fourth-order valence-electron chi connectivity index (χ4n) is 2.76. The molecule has 23 heavy (non-hydrogen) atoms. The molecule has 5 heteroatoms. The number of aromatic nitrogens is 1. The molecule has 0 fully saturated rings. The van der Waals surface area contributed by atoms with Gasteiger partial charge in [-0.1, -0.05) is 24.3 Å². The third kappa shape index (κ3) is 3.51. The van der Waals surface area contributed by atoms with Crippen LogP contribution in [-0.2, 0) is 6.42 Å². The van der Waals surface area contributed by atoms with Crippen molar-refractivity contribution >= 4 is 17.4 Å². The molecule has 2 aromatic rings. The molecule has 1 aliphatic rings. The van der Waals surface area contributed by atoms with E-state index in [0.717, 1.165) is 25.3 Å². The number of nitrogens with one attached hydrogen (secondary N) is 1. The van der Waals surface area contributed by atoms with Crippen molar-refractivity contribution in [3.8, 4) is 0 Å². The second kappa shape index (κ2) is 6.79. The molecule has 0 atom stereocenters. The number of amides is 1. The van der Waals surface area contributed by atoms with Gasteiger partial charge in [0.2, 0.25) is 0 Å². The molecule has 2 heterocycles. The Morgan fingerprint density at radius 3 is 2.87 bits per heavy atom. The third-order valence-electron chi connectivity index (χ3n) is 3.98. The lowest BCUT2D eigenvalue weighted by molar-refractivity contribution is 0.0946. The van der Waals surface area contributed by atoms with E-state index < -0.39 is 0 Å². The Balaban J connectivity index is 1.75. The highest BCUT2D eigenvalue weighted by atomic mass is 16.1. The first kappa shape index (κ1) is 15.5. The zero-order valence-corrected chi connectivity index (χ0v) is 13.6. The quantitative estimate of drug-likeness (QED) is 0.918. The number of para-hydroxylation sites is 1. The van der Waals surface area contributed by atoms with Gasteiger partial charge in [-0.3, -0.25) is 4.79 Å². The molecule has 0 radical (unpaired) electrons. The number of carbonyl (C=O) groups is 1. The van der Waals surface area contributed by atoms with Crippen molar-refractivity contribution in [3.05, 3.63) is 53.7 Å². The van der Waals surface area contributed by atoms with E-state index in [1.807, 2.05) is 37.2 Å². The zero-order valence-electron chi connectivity index (χ0n) is 13.6. The topological polar surface area (TPSA) is 48.5 Å². The molecule has 1 N–H and O–H groups in total. The summed E-state index contributed by atoms with van der Waals surface area (Å²) in [7, 11) is 3.96. The van der Waals surface area contributed by atoms with E-state index >= 15 is 0 Å². The third-order valence-corrected chi connectivity index (χ3v) is 3.98. The van der Waals surface area contributed by atoms with Crippen molar-refractivity contribution in [2.24, 2.45) is 0 Å². The first-order chi connectivity index (χ1) is 11.1. The van der Waals surface area contributed by atoms with E-state index in [1.54, 1.807) is 6.07 Å². The summed E-state index contributed by atoms with van der Waals surface area (Å²) in [4.78, 5) is 21.0. The Bertz CT molecular complexity index is 699. The number of likely N-dealkylation sites (N-methyl/N-ethyl adjacent to an activating group) is 1. The number of anilines is 2. The number of carbonyl (C=O) groups excluding carboxylic acids is 1. The summed E-state index contributed by atoms with van der Waals surface area (Å²) in [5, 5.41) is 2.91. The van der Waals surface area contributed by atoms with Crippen LogP contribution in [-0.4, -0.2) is 49.5 Å². The van der Waals surface area contributed by atoms with Crippen LogP contribution in [0.1, 0.15) is 16.1 Å². The van der Waals surface area contributed by atoms with Gasteiger partial charge in [-0.2, -0.15) is 0 Å². The SMILES string of the molecule is CN(C)CCNC(=O)c1cccc(N2CCc3ccccc32)n1. The highest BCUT2D eigenvalue weighted by molar-refractivity contribution is 5.92. The molecular weight excluding hydrogens is 288 g/mol. The molecule has 0 spiro atoms. The standard InChI is InChI=1S/C18H22N4O/c1-21(2)13-11-19-18(23)15-7-5-9-17(20-15)22-12-10-14-6-3-4-8-16(14)22/h3-9H,10-13H2,1-2H3,(H,19,23). The summed E-state index contributed by atoms with van der Waals surface area (Å²) in [5.41, 5.74) is 2.98. The van der Waals surface area contributed by atoms with Gasteiger partial charge in [-0.25, -0.2) is 4.98 Å². The smallest absolute Gasteiger partial charge is 0.270 e. The number of hydrogen-bond acceptors (Lipinski definition) is 4. The van der Waals surface area contributed by atoms with Gasteiger partial charge in [-0.05, 0) is 44.3 Å². The van der Waals surface area contributed by atoms with E-state index in [0.29, 0.717) is 12.2 Å². The number of rotatable bonds is 5. The first-order valence-corrected chi connectivity index (χ1v) is 7.90. The molecule has 1 aromatic heterocycles. The van der Waals surface area contributed by atoms with Gasteiger partial charge in [0.05, 0.1) is 0 Å². The summed E-state index contributed by atoms with van der Waals surface area (Å²) >= 11 is 0. The first-order valence-electron chi connectivity index (χ1n) is 7.90. The fraction of sp³-hybridized carbons (Fsp3) is 0.333. The largest absolute Gasteiger partial charge is 0.349 e. The van der Waals surface area contributed by atoms with Crippen molar-refractivity contribution in [1.29, 1.82) is 0 Å². The van der Waals surface area contributed by atoms with Crippen LogP contribution < -0.4 is 10.2 Å². The highest BCUT2D eigenvalue weighted by Gasteiger charge is 2.21. The summed E-state index contributed by atoms with van der Waals surface area (Å²) in [6.07, 6.45) is 1.01. The van der Waals surface area contributed by atoms with E-state index in [2.05, 4.69) is 33.4 Å². The van der Waals surface area contributed by atoms with Crippen LogP contribution in [0.2, 0.25) is 0 Å². The maximum absolute atomic E-state index is 12.2. The minimum absolute atomic E-state index is 0.124. The van der Waals surface area contributed by atoms with E-state index in [4.69, 9.17) is 0 Å². The maximum Gasteiger partial charge on any atom is 0.270 e. The average molecular weight is 310 g/mol.